The molecule has 5 heteroatoms. The fraction of sp³-hybridized carbons (Fsp3) is 1.00. The lowest BCUT2D eigenvalue weighted by Crippen LogP contribution is -2.38. The summed E-state index contributed by atoms with van der Waals surface area (Å²) in [7, 11) is 0. The van der Waals surface area contributed by atoms with Gasteiger partial charge in [0.15, 0.2) is 0 Å². The third-order valence-corrected chi connectivity index (χ3v) is 3.85. The Morgan fingerprint density at radius 1 is 1.12 bits per heavy atom. The highest BCUT2D eigenvalue weighted by atomic mass is 35.5. The van der Waals surface area contributed by atoms with Crippen molar-refractivity contribution in [2.75, 3.05) is 19.0 Å². The summed E-state index contributed by atoms with van der Waals surface area (Å²) in [6.07, 6.45) is 0.770. The van der Waals surface area contributed by atoms with Crippen LogP contribution in [0.5, 0.6) is 0 Å². The number of alkyl halides is 4. The zero-order valence-corrected chi connectivity index (χ0v) is 10.1. The van der Waals surface area contributed by atoms with Crippen molar-refractivity contribution in [3.63, 3.8) is 0 Å². The summed E-state index contributed by atoms with van der Waals surface area (Å²) in [5, 5.41) is 2.90. The van der Waals surface area contributed by atoms with Crippen LogP contribution in [0.3, 0.4) is 0 Å². The van der Waals surface area contributed by atoms with Gasteiger partial charge in [-0.2, -0.15) is 13.2 Å². The Balaban J connectivity index is 2.23. The Labute approximate surface area is 99.7 Å². The lowest BCUT2D eigenvalue weighted by atomic mass is 9.75. The van der Waals surface area contributed by atoms with Crippen LogP contribution in [0.25, 0.3) is 0 Å². The molecule has 0 heterocycles. The van der Waals surface area contributed by atoms with Gasteiger partial charge in [-0.3, -0.25) is 0 Å². The first-order chi connectivity index (χ1) is 7.47. The smallest absolute Gasteiger partial charge is 0.316 e. The first kappa shape index (κ1) is 14.1. The fourth-order valence-electron chi connectivity index (χ4n) is 2.24. The topological polar surface area (TPSA) is 12.0 Å². The van der Waals surface area contributed by atoms with E-state index < -0.39 is 12.6 Å². The van der Waals surface area contributed by atoms with E-state index in [0.29, 0.717) is 12.4 Å². The molecule has 96 valence electrons. The normalized spacial score (nSPS) is 21.0. The van der Waals surface area contributed by atoms with Gasteiger partial charge in [-0.15, -0.1) is 11.6 Å². The predicted molar refractivity (Wildman–Crippen MR) is 59.8 cm³/mol. The third-order valence-electron chi connectivity index (χ3n) is 3.28. The minimum Gasteiger partial charge on any atom is -0.316 e. The van der Waals surface area contributed by atoms with E-state index in [4.69, 9.17) is 11.6 Å². The summed E-state index contributed by atoms with van der Waals surface area (Å²) in [6, 6.07) is 0. The van der Waals surface area contributed by atoms with Crippen LogP contribution in [0.2, 0.25) is 0 Å². The molecule has 1 fully saturated rings. The third kappa shape index (κ3) is 4.91. The molecule has 0 aromatic heterocycles. The molecule has 0 spiro atoms. The van der Waals surface area contributed by atoms with E-state index >= 15 is 0 Å². The van der Waals surface area contributed by atoms with Gasteiger partial charge in [0.1, 0.15) is 0 Å². The quantitative estimate of drug-likeness (QED) is 0.585. The van der Waals surface area contributed by atoms with Crippen LogP contribution in [0.4, 0.5) is 13.2 Å². The molecular formula is C11H19ClF3N. The molecule has 0 unspecified atom stereocenters. The van der Waals surface area contributed by atoms with Crippen molar-refractivity contribution in [2.45, 2.75) is 44.7 Å². The maximum atomic E-state index is 11.9. The highest BCUT2D eigenvalue weighted by Crippen LogP contribution is 2.36. The van der Waals surface area contributed by atoms with Gasteiger partial charge in [-0.1, -0.05) is 19.3 Å². The predicted octanol–water partition coefficient (Wildman–Crippen LogP) is 3.72. The Bertz CT molecular complexity index is 200. The summed E-state index contributed by atoms with van der Waals surface area (Å²) in [5.74, 6) is 0.548. The monoisotopic (exact) mass is 257 g/mol. The zero-order valence-electron chi connectivity index (χ0n) is 9.38. The summed E-state index contributed by atoms with van der Waals surface area (Å²) in [4.78, 5) is 0. The van der Waals surface area contributed by atoms with Gasteiger partial charge in [0.25, 0.3) is 0 Å². The molecule has 0 aliphatic heterocycles. The number of hydrogen-bond donors (Lipinski definition) is 1. The van der Waals surface area contributed by atoms with Crippen molar-refractivity contribution in [1.29, 1.82) is 0 Å². The van der Waals surface area contributed by atoms with E-state index in [1.165, 1.54) is 6.42 Å². The molecule has 1 rings (SSSR count). The Kier molecular flexibility index (Phi) is 5.38. The van der Waals surface area contributed by atoms with Gasteiger partial charge < -0.3 is 5.32 Å². The maximum Gasteiger partial charge on any atom is 0.390 e. The van der Waals surface area contributed by atoms with Crippen molar-refractivity contribution >= 4 is 11.6 Å². The highest BCUT2D eigenvalue weighted by molar-refractivity contribution is 6.18. The second-order valence-electron chi connectivity index (χ2n) is 4.74. The van der Waals surface area contributed by atoms with E-state index in [9.17, 15) is 13.2 Å². The SMILES string of the molecule is FC(F)(F)CCNCC1(CCl)CCCCC1. The van der Waals surface area contributed by atoms with Gasteiger partial charge in [0, 0.05) is 19.0 Å². The van der Waals surface area contributed by atoms with Crippen molar-refractivity contribution in [3.05, 3.63) is 0 Å². The zero-order chi connectivity index (χ0) is 12.1. The van der Waals surface area contributed by atoms with Crippen molar-refractivity contribution in [1.82, 2.24) is 5.32 Å². The van der Waals surface area contributed by atoms with Gasteiger partial charge in [-0.25, -0.2) is 0 Å². The van der Waals surface area contributed by atoms with Crippen molar-refractivity contribution in [3.8, 4) is 0 Å². The minimum absolute atomic E-state index is 0.00212. The van der Waals surface area contributed by atoms with E-state index in [0.717, 1.165) is 25.7 Å². The summed E-state index contributed by atoms with van der Waals surface area (Å²) in [6.45, 7) is 0.620. The molecule has 1 N–H and O–H groups in total. The largest absolute Gasteiger partial charge is 0.390 e. The molecule has 16 heavy (non-hydrogen) atoms. The molecule has 0 saturated heterocycles. The number of rotatable bonds is 5. The summed E-state index contributed by atoms with van der Waals surface area (Å²) < 4.78 is 35.8. The fourth-order valence-corrected chi connectivity index (χ4v) is 2.60. The Morgan fingerprint density at radius 3 is 2.25 bits per heavy atom. The molecule has 0 aromatic carbocycles. The highest BCUT2D eigenvalue weighted by Gasteiger charge is 2.31. The van der Waals surface area contributed by atoms with Gasteiger partial charge in [0.2, 0.25) is 0 Å². The number of nitrogens with one attached hydrogen (secondary N) is 1. The molecule has 1 aliphatic carbocycles. The Hall–Kier alpha value is 0.0400. The molecule has 1 saturated carbocycles. The van der Waals surface area contributed by atoms with Gasteiger partial charge in [0.05, 0.1) is 6.42 Å². The lowest BCUT2D eigenvalue weighted by molar-refractivity contribution is -0.133. The van der Waals surface area contributed by atoms with Crippen LogP contribution in [0.15, 0.2) is 0 Å². The van der Waals surface area contributed by atoms with Crippen LogP contribution < -0.4 is 5.32 Å². The van der Waals surface area contributed by atoms with Crippen molar-refractivity contribution in [2.24, 2.45) is 5.41 Å². The van der Waals surface area contributed by atoms with E-state index in [1.807, 2.05) is 0 Å². The molecule has 1 aliphatic rings. The molecule has 0 aromatic rings. The van der Waals surface area contributed by atoms with Gasteiger partial charge in [-0.05, 0) is 18.3 Å². The van der Waals surface area contributed by atoms with Crippen LogP contribution in [-0.2, 0) is 0 Å². The summed E-state index contributed by atoms with van der Waals surface area (Å²) in [5.41, 5.74) is 0.0331. The van der Waals surface area contributed by atoms with E-state index in [1.54, 1.807) is 0 Å². The number of halogens is 4. The molecule has 0 bridgehead atoms. The van der Waals surface area contributed by atoms with Gasteiger partial charge >= 0.3 is 6.18 Å². The molecule has 0 atom stereocenters. The molecule has 0 amide bonds. The average Bonchev–Trinajstić information content (AvgIpc) is 2.25. The molecule has 0 radical (unpaired) electrons. The van der Waals surface area contributed by atoms with Crippen LogP contribution in [-0.4, -0.2) is 25.1 Å². The minimum atomic E-state index is -4.06. The second kappa shape index (κ2) is 6.10. The molecule has 1 nitrogen and oxygen atoms in total. The Morgan fingerprint density at radius 2 is 1.75 bits per heavy atom. The average molecular weight is 258 g/mol. The first-order valence-electron chi connectivity index (χ1n) is 5.81. The van der Waals surface area contributed by atoms with Crippen LogP contribution >= 0.6 is 11.6 Å². The van der Waals surface area contributed by atoms with Crippen molar-refractivity contribution < 1.29 is 13.2 Å². The lowest BCUT2D eigenvalue weighted by Gasteiger charge is -2.35. The second-order valence-corrected chi connectivity index (χ2v) is 5.00. The molecular weight excluding hydrogens is 239 g/mol. The number of hydrogen-bond acceptors (Lipinski definition) is 1. The van der Waals surface area contributed by atoms with E-state index in [2.05, 4.69) is 5.32 Å². The standard InChI is InChI=1S/C11H19ClF3N/c12-8-10(4-2-1-3-5-10)9-16-7-6-11(13,14)15/h16H,1-9H2. The maximum absolute atomic E-state index is 11.9. The van der Waals surface area contributed by atoms with E-state index in [-0.39, 0.29) is 12.0 Å². The first-order valence-corrected chi connectivity index (χ1v) is 6.34. The van der Waals surface area contributed by atoms with Crippen LogP contribution in [0, 0.1) is 5.41 Å². The van der Waals surface area contributed by atoms with Crippen LogP contribution in [0.1, 0.15) is 38.5 Å². The summed E-state index contributed by atoms with van der Waals surface area (Å²) >= 11 is 5.94.